The molecule has 0 radical (unpaired) electrons. The zero-order chi connectivity index (χ0) is 14.9. The van der Waals surface area contributed by atoms with Crippen molar-refractivity contribution in [2.75, 3.05) is 26.2 Å². The number of urea groups is 1. The van der Waals surface area contributed by atoms with Crippen LogP contribution in [0, 0.1) is 5.92 Å². The number of carboxylic acid groups (broad SMARTS) is 1. The average molecular weight is 283 g/mol. The molecule has 0 aromatic rings. The lowest BCUT2D eigenvalue weighted by Crippen LogP contribution is -2.61. The van der Waals surface area contributed by atoms with Gasteiger partial charge in [0.1, 0.15) is 5.54 Å². The predicted octanol–water partition coefficient (Wildman–Crippen LogP) is 0.975. The number of piperazine rings is 1. The highest BCUT2D eigenvalue weighted by Crippen LogP contribution is 2.39. The molecule has 2 unspecified atom stereocenters. The standard InChI is InChI=1S/C14H25N3O3/c1-4-16-7-8-17(9-10(16)2)13(20)15-14(3,12(18)19)11-5-6-11/h10-11H,4-9H2,1-3H3,(H,15,20)(H,18,19). The molecule has 2 fully saturated rings. The molecule has 0 aromatic carbocycles. The first-order valence-electron chi connectivity index (χ1n) is 7.43. The van der Waals surface area contributed by atoms with Crippen molar-refractivity contribution in [1.82, 2.24) is 15.1 Å². The van der Waals surface area contributed by atoms with E-state index in [4.69, 9.17) is 0 Å². The van der Waals surface area contributed by atoms with E-state index in [1.165, 1.54) is 0 Å². The van der Waals surface area contributed by atoms with Crippen LogP contribution in [0.25, 0.3) is 0 Å². The maximum Gasteiger partial charge on any atom is 0.329 e. The summed E-state index contributed by atoms with van der Waals surface area (Å²) in [6, 6.07) is 0.0703. The Balaban J connectivity index is 1.96. The number of amides is 2. The molecule has 1 aliphatic carbocycles. The van der Waals surface area contributed by atoms with Gasteiger partial charge in [-0.15, -0.1) is 0 Å². The minimum atomic E-state index is -1.12. The minimum Gasteiger partial charge on any atom is -0.480 e. The highest BCUT2D eigenvalue weighted by atomic mass is 16.4. The number of nitrogens with one attached hydrogen (secondary N) is 1. The number of rotatable bonds is 4. The molecule has 2 amide bonds. The van der Waals surface area contributed by atoms with Crippen LogP contribution in [0.15, 0.2) is 0 Å². The number of carboxylic acids is 1. The lowest BCUT2D eigenvalue weighted by atomic mass is 9.96. The molecule has 2 atom stereocenters. The molecule has 0 aromatic heterocycles. The van der Waals surface area contributed by atoms with Crippen LogP contribution in [0.5, 0.6) is 0 Å². The highest BCUT2D eigenvalue weighted by molar-refractivity contribution is 5.86. The van der Waals surface area contributed by atoms with Gasteiger partial charge in [0.25, 0.3) is 0 Å². The minimum absolute atomic E-state index is 0.0679. The fraction of sp³-hybridized carbons (Fsp3) is 0.857. The van der Waals surface area contributed by atoms with Gasteiger partial charge in [-0.1, -0.05) is 6.92 Å². The van der Waals surface area contributed by atoms with Gasteiger partial charge in [0.2, 0.25) is 0 Å². The topological polar surface area (TPSA) is 72.9 Å². The van der Waals surface area contributed by atoms with Crippen molar-refractivity contribution in [3.63, 3.8) is 0 Å². The number of likely N-dealkylation sites (N-methyl/N-ethyl adjacent to an activating group) is 1. The molecule has 2 rings (SSSR count). The van der Waals surface area contributed by atoms with Gasteiger partial charge in [-0.25, -0.2) is 9.59 Å². The summed E-state index contributed by atoms with van der Waals surface area (Å²) in [4.78, 5) is 27.8. The third-order valence-corrected chi connectivity index (χ3v) is 4.66. The summed E-state index contributed by atoms with van der Waals surface area (Å²) >= 11 is 0. The Morgan fingerprint density at radius 2 is 2.00 bits per heavy atom. The molecule has 1 aliphatic heterocycles. The van der Waals surface area contributed by atoms with Gasteiger partial charge in [-0.2, -0.15) is 0 Å². The molecule has 114 valence electrons. The van der Waals surface area contributed by atoms with E-state index in [-0.39, 0.29) is 11.9 Å². The summed E-state index contributed by atoms with van der Waals surface area (Å²) in [5.74, 6) is -0.869. The van der Waals surface area contributed by atoms with Crippen molar-refractivity contribution in [3.05, 3.63) is 0 Å². The third kappa shape index (κ3) is 2.90. The predicted molar refractivity (Wildman–Crippen MR) is 75.6 cm³/mol. The summed E-state index contributed by atoms with van der Waals surface area (Å²) in [5, 5.41) is 12.1. The summed E-state index contributed by atoms with van der Waals surface area (Å²) in [7, 11) is 0. The fourth-order valence-corrected chi connectivity index (χ4v) is 2.94. The fourth-order valence-electron chi connectivity index (χ4n) is 2.94. The largest absolute Gasteiger partial charge is 0.480 e. The molecule has 0 bridgehead atoms. The number of aliphatic carboxylic acids is 1. The van der Waals surface area contributed by atoms with E-state index in [2.05, 4.69) is 24.1 Å². The Morgan fingerprint density at radius 1 is 1.35 bits per heavy atom. The first-order valence-corrected chi connectivity index (χ1v) is 7.43. The van der Waals surface area contributed by atoms with Gasteiger partial charge < -0.3 is 15.3 Å². The number of carbonyl (C=O) groups is 2. The highest BCUT2D eigenvalue weighted by Gasteiger charge is 2.49. The van der Waals surface area contributed by atoms with E-state index < -0.39 is 11.5 Å². The van der Waals surface area contributed by atoms with E-state index >= 15 is 0 Å². The number of hydrogen-bond donors (Lipinski definition) is 2. The SMILES string of the molecule is CCN1CCN(C(=O)NC(C)(C(=O)O)C2CC2)CC1C. The van der Waals surface area contributed by atoms with Gasteiger partial charge in [0.15, 0.2) is 0 Å². The number of carbonyl (C=O) groups excluding carboxylic acids is 1. The third-order valence-electron chi connectivity index (χ3n) is 4.66. The quantitative estimate of drug-likeness (QED) is 0.806. The second kappa shape index (κ2) is 5.60. The Labute approximate surface area is 120 Å². The molecule has 6 heteroatoms. The Morgan fingerprint density at radius 3 is 2.45 bits per heavy atom. The Kier molecular flexibility index (Phi) is 4.22. The molecular formula is C14H25N3O3. The summed E-state index contributed by atoms with van der Waals surface area (Å²) in [5.41, 5.74) is -1.12. The van der Waals surface area contributed by atoms with Gasteiger partial charge in [0.05, 0.1) is 0 Å². The smallest absolute Gasteiger partial charge is 0.329 e. The second-order valence-electron chi connectivity index (χ2n) is 6.14. The zero-order valence-electron chi connectivity index (χ0n) is 12.6. The Hall–Kier alpha value is -1.30. The van der Waals surface area contributed by atoms with Crippen LogP contribution >= 0.6 is 0 Å². The van der Waals surface area contributed by atoms with Crippen LogP contribution < -0.4 is 5.32 Å². The lowest BCUT2D eigenvalue weighted by Gasteiger charge is -2.40. The van der Waals surface area contributed by atoms with E-state index in [1.807, 2.05) is 0 Å². The van der Waals surface area contributed by atoms with E-state index in [0.717, 1.165) is 25.9 Å². The van der Waals surface area contributed by atoms with Crippen molar-refractivity contribution in [2.24, 2.45) is 5.92 Å². The lowest BCUT2D eigenvalue weighted by molar-refractivity contribution is -0.144. The van der Waals surface area contributed by atoms with Gasteiger partial charge in [-0.05, 0) is 39.2 Å². The summed E-state index contributed by atoms with van der Waals surface area (Å²) in [6.07, 6.45) is 1.76. The van der Waals surface area contributed by atoms with Gasteiger partial charge in [-0.3, -0.25) is 4.90 Å². The molecule has 6 nitrogen and oxygen atoms in total. The monoisotopic (exact) mass is 283 g/mol. The molecule has 1 saturated carbocycles. The van der Waals surface area contributed by atoms with Crippen LogP contribution in [0.4, 0.5) is 4.79 Å². The number of hydrogen-bond acceptors (Lipinski definition) is 3. The molecule has 2 N–H and O–H groups in total. The van der Waals surface area contributed by atoms with Crippen molar-refractivity contribution in [2.45, 2.75) is 45.2 Å². The first-order chi connectivity index (χ1) is 9.38. The van der Waals surface area contributed by atoms with Crippen LogP contribution in [0.2, 0.25) is 0 Å². The molecule has 0 spiro atoms. The molecule has 2 aliphatic rings. The first kappa shape index (κ1) is 15.1. The van der Waals surface area contributed by atoms with E-state index in [9.17, 15) is 14.7 Å². The summed E-state index contributed by atoms with van der Waals surface area (Å²) < 4.78 is 0. The van der Waals surface area contributed by atoms with Crippen LogP contribution in [0.3, 0.4) is 0 Å². The Bertz CT molecular complexity index is 397. The average Bonchev–Trinajstić information content (AvgIpc) is 3.22. The van der Waals surface area contributed by atoms with Crippen molar-refractivity contribution >= 4 is 12.0 Å². The maximum absolute atomic E-state index is 12.3. The van der Waals surface area contributed by atoms with Crippen molar-refractivity contribution < 1.29 is 14.7 Å². The van der Waals surface area contributed by atoms with E-state index in [1.54, 1.807) is 11.8 Å². The molecule has 1 saturated heterocycles. The number of nitrogens with zero attached hydrogens (tertiary/aromatic N) is 2. The second-order valence-corrected chi connectivity index (χ2v) is 6.14. The van der Waals surface area contributed by atoms with E-state index in [0.29, 0.717) is 19.1 Å². The normalized spacial score (nSPS) is 26.9. The van der Waals surface area contributed by atoms with Gasteiger partial charge >= 0.3 is 12.0 Å². The van der Waals surface area contributed by atoms with Gasteiger partial charge in [0, 0.05) is 25.7 Å². The molecule has 20 heavy (non-hydrogen) atoms. The van der Waals surface area contributed by atoms with Crippen LogP contribution in [-0.2, 0) is 4.79 Å². The zero-order valence-corrected chi connectivity index (χ0v) is 12.6. The molecular weight excluding hydrogens is 258 g/mol. The summed E-state index contributed by atoms with van der Waals surface area (Å²) in [6.45, 7) is 8.96. The van der Waals surface area contributed by atoms with Crippen LogP contribution in [-0.4, -0.2) is 64.7 Å². The van der Waals surface area contributed by atoms with Crippen molar-refractivity contribution in [1.29, 1.82) is 0 Å². The maximum atomic E-state index is 12.3. The van der Waals surface area contributed by atoms with Crippen LogP contribution in [0.1, 0.15) is 33.6 Å². The molecule has 1 heterocycles. The van der Waals surface area contributed by atoms with Crippen molar-refractivity contribution in [3.8, 4) is 0 Å².